The largest absolute Gasteiger partial charge is 0.491 e. The molecule has 0 aliphatic carbocycles. The highest BCUT2D eigenvalue weighted by Gasteiger charge is 2.23. The molecular formula is C17H18O4S. The number of hydrogen-bond acceptors (Lipinski definition) is 4. The summed E-state index contributed by atoms with van der Waals surface area (Å²) in [5.41, 5.74) is 1.07. The maximum Gasteiger partial charge on any atom is 0.136 e. The minimum absolute atomic E-state index is 0.199. The SMILES string of the molecule is CS(=O)c1cc(OCC2CO2)ccc1OCc1ccccc1. The third-order valence-electron chi connectivity index (χ3n) is 3.30. The topological polar surface area (TPSA) is 48.1 Å². The molecule has 1 aliphatic rings. The molecule has 1 aliphatic heterocycles. The Labute approximate surface area is 132 Å². The van der Waals surface area contributed by atoms with Crippen LogP contribution in [-0.2, 0) is 22.1 Å². The number of ether oxygens (including phenoxy) is 3. The van der Waals surface area contributed by atoms with E-state index in [4.69, 9.17) is 14.2 Å². The molecule has 116 valence electrons. The first kappa shape index (κ1) is 15.1. The van der Waals surface area contributed by atoms with Crippen LogP contribution in [0.1, 0.15) is 5.56 Å². The standard InChI is InChI=1S/C17H18O4S/c1-22(18)17-9-14(19-11-15-12-20-15)7-8-16(17)21-10-13-5-3-2-4-6-13/h2-9,15H,10-12H2,1H3. The summed E-state index contributed by atoms with van der Waals surface area (Å²) < 4.78 is 28.5. The zero-order chi connectivity index (χ0) is 15.4. The Morgan fingerprint density at radius 3 is 2.64 bits per heavy atom. The highest BCUT2D eigenvalue weighted by atomic mass is 32.2. The van der Waals surface area contributed by atoms with Crippen LogP contribution in [0.15, 0.2) is 53.4 Å². The first-order chi connectivity index (χ1) is 10.7. The molecule has 0 bridgehead atoms. The van der Waals surface area contributed by atoms with Crippen LogP contribution in [0.4, 0.5) is 0 Å². The summed E-state index contributed by atoms with van der Waals surface area (Å²) in [4.78, 5) is 0.644. The normalized spacial score (nSPS) is 17.8. The fourth-order valence-electron chi connectivity index (χ4n) is 2.01. The van der Waals surface area contributed by atoms with Gasteiger partial charge in [-0.25, -0.2) is 0 Å². The van der Waals surface area contributed by atoms with Crippen molar-refractivity contribution in [2.24, 2.45) is 0 Å². The molecule has 0 amide bonds. The van der Waals surface area contributed by atoms with Crippen LogP contribution in [0.5, 0.6) is 11.5 Å². The fraction of sp³-hybridized carbons (Fsp3) is 0.294. The molecule has 0 aromatic heterocycles. The average molecular weight is 318 g/mol. The molecule has 4 nitrogen and oxygen atoms in total. The molecule has 3 rings (SSSR count). The van der Waals surface area contributed by atoms with Crippen molar-refractivity contribution < 1.29 is 18.4 Å². The van der Waals surface area contributed by atoms with E-state index in [1.165, 1.54) is 0 Å². The molecule has 2 unspecified atom stereocenters. The summed E-state index contributed by atoms with van der Waals surface area (Å²) in [6.07, 6.45) is 1.84. The Hall–Kier alpha value is -1.85. The summed E-state index contributed by atoms with van der Waals surface area (Å²) >= 11 is 0. The second kappa shape index (κ2) is 6.94. The van der Waals surface area contributed by atoms with Crippen molar-refractivity contribution in [1.82, 2.24) is 0 Å². The van der Waals surface area contributed by atoms with Crippen molar-refractivity contribution in [2.45, 2.75) is 17.6 Å². The second-order valence-electron chi connectivity index (χ2n) is 5.10. The molecule has 0 radical (unpaired) electrons. The van der Waals surface area contributed by atoms with Crippen molar-refractivity contribution in [2.75, 3.05) is 19.5 Å². The van der Waals surface area contributed by atoms with Gasteiger partial charge in [0.15, 0.2) is 0 Å². The van der Waals surface area contributed by atoms with Gasteiger partial charge < -0.3 is 14.2 Å². The van der Waals surface area contributed by atoms with Crippen LogP contribution < -0.4 is 9.47 Å². The van der Waals surface area contributed by atoms with Crippen molar-refractivity contribution in [3.05, 3.63) is 54.1 Å². The molecule has 2 atom stereocenters. The number of rotatable bonds is 7. The lowest BCUT2D eigenvalue weighted by molar-refractivity contribution is 0.260. The summed E-state index contributed by atoms with van der Waals surface area (Å²) in [6.45, 7) is 1.73. The van der Waals surface area contributed by atoms with Gasteiger partial charge in [0, 0.05) is 6.26 Å². The lowest BCUT2D eigenvalue weighted by Crippen LogP contribution is -2.05. The van der Waals surface area contributed by atoms with E-state index in [0.717, 1.165) is 12.2 Å². The Morgan fingerprint density at radius 1 is 1.18 bits per heavy atom. The van der Waals surface area contributed by atoms with Gasteiger partial charge >= 0.3 is 0 Å². The van der Waals surface area contributed by atoms with Crippen LogP contribution >= 0.6 is 0 Å². The van der Waals surface area contributed by atoms with Crippen LogP contribution in [0.2, 0.25) is 0 Å². The van der Waals surface area contributed by atoms with E-state index >= 15 is 0 Å². The first-order valence-electron chi connectivity index (χ1n) is 7.11. The number of epoxide rings is 1. The van der Waals surface area contributed by atoms with Crippen molar-refractivity contribution in [1.29, 1.82) is 0 Å². The van der Waals surface area contributed by atoms with Gasteiger partial charge in [-0.3, -0.25) is 4.21 Å². The van der Waals surface area contributed by atoms with E-state index in [1.54, 1.807) is 12.3 Å². The zero-order valence-corrected chi connectivity index (χ0v) is 13.2. The Morgan fingerprint density at radius 2 is 1.95 bits per heavy atom. The lowest BCUT2D eigenvalue weighted by Gasteiger charge is -2.12. The summed E-state index contributed by atoms with van der Waals surface area (Å²) in [6, 6.07) is 15.3. The predicted molar refractivity (Wildman–Crippen MR) is 84.8 cm³/mol. The van der Waals surface area contributed by atoms with Crippen molar-refractivity contribution in [3.63, 3.8) is 0 Å². The number of benzene rings is 2. The Kier molecular flexibility index (Phi) is 4.75. The van der Waals surface area contributed by atoms with Crippen LogP contribution in [0, 0.1) is 0 Å². The average Bonchev–Trinajstić information content (AvgIpc) is 3.36. The van der Waals surface area contributed by atoms with Crippen LogP contribution in [0.3, 0.4) is 0 Å². The molecular weight excluding hydrogens is 300 g/mol. The first-order valence-corrected chi connectivity index (χ1v) is 8.67. The van der Waals surface area contributed by atoms with Crippen molar-refractivity contribution >= 4 is 10.8 Å². The molecule has 2 aromatic carbocycles. The molecule has 0 N–H and O–H groups in total. The van der Waals surface area contributed by atoms with E-state index in [1.807, 2.05) is 42.5 Å². The van der Waals surface area contributed by atoms with Gasteiger partial charge in [0.1, 0.15) is 30.8 Å². The summed E-state index contributed by atoms with van der Waals surface area (Å²) in [5, 5.41) is 0. The van der Waals surface area contributed by atoms with Gasteiger partial charge in [0.2, 0.25) is 0 Å². The van der Waals surface area contributed by atoms with Crippen LogP contribution in [0.25, 0.3) is 0 Å². The van der Waals surface area contributed by atoms with Gasteiger partial charge in [-0.05, 0) is 23.8 Å². The molecule has 5 heteroatoms. The van der Waals surface area contributed by atoms with Gasteiger partial charge in [-0.2, -0.15) is 0 Å². The molecule has 0 saturated carbocycles. The molecule has 1 heterocycles. The van der Waals surface area contributed by atoms with Crippen LogP contribution in [-0.4, -0.2) is 29.8 Å². The van der Waals surface area contributed by atoms with E-state index in [0.29, 0.717) is 29.6 Å². The second-order valence-corrected chi connectivity index (χ2v) is 6.45. The third kappa shape index (κ3) is 4.08. The number of hydrogen-bond donors (Lipinski definition) is 0. The Balaban J connectivity index is 1.70. The molecule has 2 aromatic rings. The molecule has 22 heavy (non-hydrogen) atoms. The minimum Gasteiger partial charge on any atom is -0.491 e. The highest BCUT2D eigenvalue weighted by Crippen LogP contribution is 2.28. The monoisotopic (exact) mass is 318 g/mol. The quantitative estimate of drug-likeness (QED) is 0.737. The third-order valence-corrected chi connectivity index (χ3v) is 4.24. The minimum atomic E-state index is -1.14. The van der Waals surface area contributed by atoms with E-state index in [2.05, 4.69) is 0 Å². The maximum atomic E-state index is 11.9. The lowest BCUT2D eigenvalue weighted by atomic mass is 10.2. The fourth-order valence-corrected chi connectivity index (χ4v) is 2.70. The van der Waals surface area contributed by atoms with Crippen molar-refractivity contribution in [3.8, 4) is 11.5 Å². The molecule has 0 spiro atoms. The highest BCUT2D eigenvalue weighted by molar-refractivity contribution is 7.84. The maximum absolute atomic E-state index is 11.9. The van der Waals surface area contributed by atoms with Gasteiger partial charge in [0.05, 0.1) is 22.3 Å². The van der Waals surface area contributed by atoms with E-state index < -0.39 is 10.8 Å². The Bertz CT molecular complexity index is 653. The molecule has 1 saturated heterocycles. The smallest absolute Gasteiger partial charge is 0.136 e. The zero-order valence-electron chi connectivity index (χ0n) is 12.4. The van der Waals surface area contributed by atoms with Gasteiger partial charge in [-0.1, -0.05) is 30.3 Å². The van der Waals surface area contributed by atoms with Gasteiger partial charge in [-0.15, -0.1) is 0 Å². The van der Waals surface area contributed by atoms with E-state index in [-0.39, 0.29) is 6.10 Å². The summed E-state index contributed by atoms with van der Waals surface area (Å²) in [7, 11) is -1.14. The predicted octanol–water partition coefficient (Wildman–Crippen LogP) is 2.78. The van der Waals surface area contributed by atoms with Gasteiger partial charge in [0.25, 0.3) is 0 Å². The summed E-state index contributed by atoms with van der Waals surface area (Å²) in [5.74, 6) is 1.31. The van der Waals surface area contributed by atoms with E-state index in [9.17, 15) is 4.21 Å². The molecule has 1 fully saturated rings.